The molecule has 4 atom stereocenters. The number of cyclic esters (lactones) is 1. The summed E-state index contributed by atoms with van der Waals surface area (Å²) in [5.74, 6) is -11.5. The molecule has 0 bridgehead atoms. The number of ether oxygens (including phenoxy) is 2. The standard InChI is InChI=1S/C16H15F5O3/c1-23-5-8(6-2-3-7(4-6)15-16(22)24-15)9-10(17)12(19)14(21)13(20)11(9)18/h6-8,15H,2-5H2,1H3. The van der Waals surface area contributed by atoms with Crippen LogP contribution in [0.3, 0.4) is 0 Å². The van der Waals surface area contributed by atoms with Gasteiger partial charge in [-0.2, -0.15) is 0 Å². The van der Waals surface area contributed by atoms with Gasteiger partial charge in [-0.1, -0.05) is 0 Å². The highest BCUT2D eigenvalue weighted by Crippen LogP contribution is 2.46. The number of epoxide rings is 1. The summed E-state index contributed by atoms with van der Waals surface area (Å²) in [7, 11) is 1.29. The Balaban J connectivity index is 1.93. The first-order valence-corrected chi connectivity index (χ1v) is 7.57. The van der Waals surface area contributed by atoms with Crippen molar-refractivity contribution in [1.82, 2.24) is 0 Å². The van der Waals surface area contributed by atoms with Gasteiger partial charge in [-0.25, -0.2) is 26.7 Å². The minimum atomic E-state index is -2.17. The van der Waals surface area contributed by atoms with Gasteiger partial charge < -0.3 is 9.47 Å². The van der Waals surface area contributed by atoms with Crippen LogP contribution in [0.25, 0.3) is 0 Å². The molecule has 1 aromatic rings. The van der Waals surface area contributed by atoms with Crippen molar-refractivity contribution in [3.8, 4) is 0 Å². The summed E-state index contributed by atoms with van der Waals surface area (Å²) >= 11 is 0. The zero-order valence-corrected chi connectivity index (χ0v) is 12.8. The molecule has 1 aliphatic carbocycles. The van der Waals surface area contributed by atoms with Gasteiger partial charge in [0.15, 0.2) is 23.3 Å². The number of halogens is 5. The molecule has 0 aromatic heterocycles. The third kappa shape index (κ3) is 2.76. The molecule has 3 nitrogen and oxygen atoms in total. The fourth-order valence-corrected chi connectivity index (χ4v) is 3.66. The molecule has 0 radical (unpaired) electrons. The number of carbonyl (C=O) groups is 1. The molecule has 1 aliphatic heterocycles. The lowest BCUT2D eigenvalue weighted by Crippen LogP contribution is -2.21. The summed E-state index contributed by atoms with van der Waals surface area (Å²) in [5.41, 5.74) is -0.845. The van der Waals surface area contributed by atoms with Crippen molar-refractivity contribution in [2.45, 2.75) is 31.3 Å². The Kier molecular flexibility index (Phi) is 4.50. The van der Waals surface area contributed by atoms with E-state index >= 15 is 0 Å². The molecule has 2 fully saturated rings. The molecule has 1 aromatic carbocycles. The third-order valence-electron chi connectivity index (χ3n) is 4.89. The minimum absolute atomic E-state index is 0.0943. The van der Waals surface area contributed by atoms with E-state index in [1.54, 1.807) is 0 Å². The molecule has 4 unspecified atom stereocenters. The van der Waals surface area contributed by atoms with Crippen LogP contribution in [0.2, 0.25) is 0 Å². The lowest BCUT2D eigenvalue weighted by Gasteiger charge is -2.24. The van der Waals surface area contributed by atoms with Gasteiger partial charge in [0.25, 0.3) is 0 Å². The van der Waals surface area contributed by atoms with Crippen molar-refractivity contribution in [2.75, 3.05) is 13.7 Å². The van der Waals surface area contributed by atoms with Crippen LogP contribution in [0.5, 0.6) is 0 Å². The fourth-order valence-electron chi connectivity index (χ4n) is 3.66. The van der Waals surface area contributed by atoms with Crippen LogP contribution < -0.4 is 0 Å². The molecule has 24 heavy (non-hydrogen) atoms. The lowest BCUT2D eigenvalue weighted by molar-refractivity contribution is -0.117. The third-order valence-corrected chi connectivity index (χ3v) is 4.89. The topological polar surface area (TPSA) is 38.8 Å². The average molecular weight is 350 g/mol. The molecular weight excluding hydrogens is 335 g/mol. The van der Waals surface area contributed by atoms with Crippen LogP contribution in [-0.4, -0.2) is 25.8 Å². The molecule has 3 rings (SSSR count). The van der Waals surface area contributed by atoms with Crippen LogP contribution in [0.1, 0.15) is 30.7 Å². The second-order valence-electron chi connectivity index (χ2n) is 6.24. The van der Waals surface area contributed by atoms with Crippen molar-refractivity contribution in [3.05, 3.63) is 34.6 Å². The zero-order valence-electron chi connectivity index (χ0n) is 12.8. The van der Waals surface area contributed by atoms with E-state index in [1.165, 1.54) is 7.11 Å². The number of carbonyl (C=O) groups excluding carboxylic acids is 1. The van der Waals surface area contributed by atoms with Crippen molar-refractivity contribution in [3.63, 3.8) is 0 Å². The van der Waals surface area contributed by atoms with E-state index < -0.39 is 46.7 Å². The van der Waals surface area contributed by atoms with Gasteiger partial charge in [0.2, 0.25) is 11.9 Å². The predicted octanol–water partition coefficient (Wildman–Crippen LogP) is 3.45. The molecule has 0 spiro atoms. The Bertz CT molecular complexity index is 649. The largest absolute Gasteiger partial charge is 0.447 e. The summed E-state index contributed by atoms with van der Waals surface area (Å²) in [6, 6.07) is 0. The summed E-state index contributed by atoms with van der Waals surface area (Å²) in [4.78, 5) is 11.1. The SMILES string of the molecule is COCC(c1c(F)c(F)c(F)c(F)c1F)C1CCC(C2OC2=O)C1. The van der Waals surface area contributed by atoms with Crippen LogP contribution in [0.15, 0.2) is 0 Å². The highest BCUT2D eigenvalue weighted by Gasteiger charge is 2.49. The number of hydrogen-bond donors (Lipinski definition) is 0. The average Bonchev–Trinajstić information content (AvgIpc) is 3.10. The van der Waals surface area contributed by atoms with Gasteiger partial charge in [0.1, 0.15) is 0 Å². The van der Waals surface area contributed by atoms with E-state index in [1.807, 2.05) is 0 Å². The summed E-state index contributed by atoms with van der Waals surface area (Å²) in [5, 5.41) is 0. The van der Waals surface area contributed by atoms with Gasteiger partial charge in [0, 0.05) is 24.5 Å². The van der Waals surface area contributed by atoms with Crippen molar-refractivity contribution >= 4 is 5.97 Å². The molecule has 1 saturated heterocycles. The first-order valence-electron chi connectivity index (χ1n) is 7.57. The fraction of sp³-hybridized carbons (Fsp3) is 0.562. The highest BCUT2D eigenvalue weighted by molar-refractivity contribution is 5.87. The van der Waals surface area contributed by atoms with E-state index in [-0.39, 0.29) is 24.4 Å². The zero-order chi connectivity index (χ0) is 17.6. The quantitative estimate of drug-likeness (QED) is 0.353. The van der Waals surface area contributed by atoms with Crippen LogP contribution in [0.4, 0.5) is 22.0 Å². The van der Waals surface area contributed by atoms with Gasteiger partial charge in [-0.05, 0) is 25.2 Å². The van der Waals surface area contributed by atoms with Crippen LogP contribution in [0, 0.1) is 40.9 Å². The van der Waals surface area contributed by atoms with Crippen molar-refractivity contribution < 1.29 is 36.2 Å². The van der Waals surface area contributed by atoms with E-state index in [2.05, 4.69) is 0 Å². The number of rotatable bonds is 5. The molecule has 8 heteroatoms. The Hall–Kier alpha value is -1.70. The van der Waals surface area contributed by atoms with Crippen LogP contribution in [-0.2, 0) is 14.3 Å². The van der Waals surface area contributed by atoms with Gasteiger partial charge >= 0.3 is 5.97 Å². The number of methoxy groups -OCH3 is 1. The number of benzene rings is 1. The Morgan fingerprint density at radius 1 is 1.04 bits per heavy atom. The van der Waals surface area contributed by atoms with E-state index in [9.17, 15) is 26.7 Å². The second-order valence-corrected chi connectivity index (χ2v) is 6.24. The van der Waals surface area contributed by atoms with Crippen molar-refractivity contribution in [2.24, 2.45) is 11.8 Å². The first-order chi connectivity index (χ1) is 11.4. The number of hydrogen-bond acceptors (Lipinski definition) is 3. The molecule has 1 saturated carbocycles. The van der Waals surface area contributed by atoms with E-state index in [0.717, 1.165) is 0 Å². The Morgan fingerprint density at radius 2 is 1.58 bits per heavy atom. The monoisotopic (exact) mass is 350 g/mol. The van der Waals surface area contributed by atoms with Crippen LogP contribution >= 0.6 is 0 Å². The smallest absolute Gasteiger partial charge is 0.348 e. The minimum Gasteiger partial charge on any atom is -0.447 e. The maximum Gasteiger partial charge on any atom is 0.348 e. The highest BCUT2D eigenvalue weighted by atomic mass is 19.2. The van der Waals surface area contributed by atoms with E-state index in [4.69, 9.17) is 9.47 Å². The summed E-state index contributed by atoms with van der Waals surface area (Å²) in [6.07, 6.45) is 0.987. The maximum atomic E-state index is 14.1. The normalized spacial score (nSPS) is 27.2. The molecule has 0 N–H and O–H groups in total. The molecule has 2 aliphatic rings. The lowest BCUT2D eigenvalue weighted by atomic mass is 9.83. The molecule has 1 heterocycles. The maximum absolute atomic E-state index is 14.1. The summed E-state index contributed by atoms with van der Waals surface area (Å²) < 4.78 is 78.2. The van der Waals surface area contributed by atoms with Gasteiger partial charge in [-0.3, -0.25) is 0 Å². The second kappa shape index (κ2) is 6.31. The Morgan fingerprint density at radius 3 is 2.08 bits per heavy atom. The summed E-state index contributed by atoms with van der Waals surface area (Å²) in [6.45, 7) is -0.185. The van der Waals surface area contributed by atoms with Crippen molar-refractivity contribution in [1.29, 1.82) is 0 Å². The van der Waals surface area contributed by atoms with Gasteiger partial charge in [-0.15, -0.1) is 0 Å². The predicted molar refractivity (Wildman–Crippen MR) is 71.6 cm³/mol. The molecule has 0 amide bonds. The van der Waals surface area contributed by atoms with E-state index in [0.29, 0.717) is 19.3 Å². The molecular formula is C16H15F5O3. The molecule has 132 valence electrons. The first kappa shape index (κ1) is 17.1. The Labute approximate surface area is 134 Å². The van der Waals surface area contributed by atoms with Gasteiger partial charge in [0.05, 0.1) is 6.61 Å².